The van der Waals surface area contributed by atoms with Crippen LogP contribution in [0.2, 0.25) is 5.02 Å². The smallest absolute Gasteiger partial charge is 0.349 e. The van der Waals surface area contributed by atoms with Crippen LogP contribution >= 0.6 is 22.9 Å². The standard InChI is InChI=1S/C23H18ClN3O4S/c1-14-19-21(32-20(14)23(30)31-12-15-6-3-2-4-7-15)25-13-27(22(19)29)11-18(28)26-17-9-5-8-16(24)10-17/h2-10,13H,11-12H2,1H3,(H,26,28). The molecule has 0 saturated heterocycles. The summed E-state index contributed by atoms with van der Waals surface area (Å²) >= 11 is 7.03. The molecule has 32 heavy (non-hydrogen) atoms. The van der Waals surface area contributed by atoms with Crippen LogP contribution < -0.4 is 10.9 Å². The zero-order valence-electron chi connectivity index (χ0n) is 17.0. The minimum absolute atomic E-state index is 0.134. The maximum Gasteiger partial charge on any atom is 0.349 e. The van der Waals surface area contributed by atoms with Crippen LogP contribution in [-0.4, -0.2) is 21.4 Å². The van der Waals surface area contributed by atoms with E-state index >= 15 is 0 Å². The SMILES string of the molecule is Cc1c(C(=O)OCc2ccccc2)sc2ncn(CC(=O)Nc3cccc(Cl)c3)c(=O)c12. The molecule has 1 amide bonds. The van der Waals surface area contributed by atoms with E-state index in [1.165, 1.54) is 10.9 Å². The Hall–Kier alpha value is -3.49. The molecule has 0 unspecified atom stereocenters. The summed E-state index contributed by atoms with van der Waals surface area (Å²) in [6.45, 7) is 1.59. The summed E-state index contributed by atoms with van der Waals surface area (Å²) in [7, 11) is 0. The normalized spacial score (nSPS) is 10.8. The maximum absolute atomic E-state index is 13.0. The van der Waals surface area contributed by atoms with Crippen molar-refractivity contribution in [1.29, 1.82) is 0 Å². The quantitative estimate of drug-likeness (QED) is 0.424. The van der Waals surface area contributed by atoms with Gasteiger partial charge in [-0.05, 0) is 36.2 Å². The molecule has 0 fully saturated rings. The van der Waals surface area contributed by atoms with Crippen LogP contribution in [0, 0.1) is 6.92 Å². The average molecular weight is 468 g/mol. The lowest BCUT2D eigenvalue weighted by Crippen LogP contribution is -2.27. The second kappa shape index (κ2) is 9.33. The van der Waals surface area contributed by atoms with Crippen molar-refractivity contribution in [3.63, 3.8) is 0 Å². The molecular formula is C23H18ClN3O4S. The largest absolute Gasteiger partial charge is 0.457 e. The summed E-state index contributed by atoms with van der Waals surface area (Å²) in [6, 6.07) is 16.1. The fraction of sp³-hybridized carbons (Fsp3) is 0.130. The van der Waals surface area contributed by atoms with E-state index < -0.39 is 17.4 Å². The van der Waals surface area contributed by atoms with Crippen molar-refractivity contribution in [1.82, 2.24) is 9.55 Å². The summed E-state index contributed by atoms with van der Waals surface area (Å²) in [6.07, 6.45) is 1.30. The molecule has 9 heteroatoms. The Bertz CT molecular complexity index is 1360. The molecule has 0 spiro atoms. The topological polar surface area (TPSA) is 90.3 Å². The highest BCUT2D eigenvalue weighted by Gasteiger charge is 2.21. The Morgan fingerprint density at radius 1 is 1.16 bits per heavy atom. The van der Waals surface area contributed by atoms with E-state index in [4.69, 9.17) is 16.3 Å². The Kier molecular flexibility index (Phi) is 6.34. The summed E-state index contributed by atoms with van der Waals surface area (Å²) in [5, 5.41) is 3.49. The van der Waals surface area contributed by atoms with Gasteiger partial charge < -0.3 is 10.1 Å². The van der Waals surface area contributed by atoms with Gasteiger partial charge in [-0.25, -0.2) is 9.78 Å². The lowest BCUT2D eigenvalue weighted by atomic mass is 10.2. The van der Waals surface area contributed by atoms with Gasteiger partial charge >= 0.3 is 5.97 Å². The molecule has 2 aromatic heterocycles. The van der Waals surface area contributed by atoms with E-state index in [0.29, 0.717) is 31.4 Å². The molecule has 162 valence electrons. The predicted molar refractivity (Wildman–Crippen MR) is 124 cm³/mol. The number of fused-ring (bicyclic) bond motifs is 1. The molecular weight excluding hydrogens is 450 g/mol. The summed E-state index contributed by atoms with van der Waals surface area (Å²) in [4.78, 5) is 43.0. The molecule has 2 aromatic carbocycles. The highest BCUT2D eigenvalue weighted by atomic mass is 35.5. The maximum atomic E-state index is 13.0. The molecule has 2 heterocycles. The van der Waals surface area contributed by atoms with Gasteiger partial charge in [0.2, 0.25) is 5.91 Å². The molecule has 0 bridgehead atoms. The molecule has 7 nitrogen and oxygen atoms in total. The number of nitrogens with one attached hydrogen (secondary N) is 1. The van der Waals surface area contributed by atoms with Crippen molar-refractivity contribution in [2.75, 3.05) is 5.32 Å². The second-order valence-electron chi connectivity index (χ2n) is 7.03. The van der Waals surface area contributed by atoms with Crippen molar-refractivity contribution in [2.24, 2.45) is 0 Å². The van der Waals surface area contributed by atoms with Crippen molar-refractivity contribution in [3.8, 4) is 0 Å². The van der Waals surface area contributed by atoms with E-state index in [-0.39, 0.29) is 13.2 Å². The minimum Gasteiger partial charge on any atom is -0.457 e. The van der Waals surface area contributed by atoms with Crippen LogP contribution in [0.5, 0.6) is 0 Å². The van der Waals surface area contributed by atoms with Crippen molar-refractivity contribution in [3.05, 3.63) is 92.3 Å². The zero-order valence-corrected chi connectivity index (χ0v) is 18.6. The first-order chi connectivity index (χ1) is 15.4. The minimum atomic E-state index is -0.515. The van der Waals surface area contributed by atoms with Gasteiger partial charge in [-0.15, -0.1) is 11.3 Å². The van der Waals surface area contributed by atoms with Gasteiger partial charge in [-0.1, -0.05) is 48.0 Å². The fourth-order valence-corrected chi connectivity index (χ4v) is 4.40. The third-order valence-electron chi connectivity index (χ3n) is 4.74. The lowest BCUT2D eigenvalue weighted by Gasteiger charge is -2.07. The number of rotatable bonds is 6. The van der Waals surface area contributed by atoms with Crippen LogP contribution in [0.25, 0.3) is 10.2 Å². The van der Waals surface area contributed by atoms with Crippen LogP contribution in [0.1, 0.15) is 20.8 Å². The number of carbonyl (C=O) groups is 2. The molecule has 0 atom stereocenters. The molecule has 4 rings (SSSR count). The van der Waals surface area contributed by atoms with E-state index in [2.05, 4.69) is 10.3 Å². The van der Waals surface area contributed by atoms with Gasteiger partial charge in [0.1, 0.15) is 22.9 Å². The Morgan fingerprint density at radius 3 is 2.69 bits per heavy atom. The van der Waals surface area contributed by atoms with Crippen LogP contribution in [0.4, 0.5) is 5.69 Å². The molecule has 0 aliphatic rings. The number of aromatic nitrogens is 2. The first-order valence-corrected chi connectivity index (χ1v) is 10.9. The fourth-order valence-electron chi connectivity index (χ4n) is 3.18. The number of anilines is 1. The summed E-state index contributed by atoms with van der Waals surface area (Å²) in [5.74, 6) is -0.912. The molecule has 0 saturated carbocycles. The zero-order chi connectivity index (χ0) is 22.7. The lowest BCUT2D eigenvalue weighted by molar-refractivity contribution is -0.116. The van der Waals surface area contributed by atoms with Gasteiger partial charge in [0.15, 0.2) is 0 Å². The van der Waals surface area contributed by atoms with Gasteiger partial charge in [0.25, 0.3) is 5.56 Å². The Morgan fingerprint density at radius 2 is 1.94 bits per heavy atom. The first kappa shape index (κ1) is 21.7. The summed E-state index contributed by atoms with van der Waals surface area (Å²) < 4.78 is 6.60. The molecule has 1 N–H and O–H groups in total. The van der Waals surface area contributed by atoms with Gasteiger partial charge in [0.05, 0.1) is 11.7 Å². The average Bonchev–Trinajstić information content (AvgIpc) is 3.12. The highest BCUT2D eigenvalue weighted by molar-refractivity contribution is 7.20. The van der Waals surface area contributed by atoms with E-state index in [1.807, 2.05) is 30.3 Å². The van der Waals surface area contributed by atoms with Crippen molar-refractivity contribution >= 4 is 50.7 Å². The number of nitrogens with zero attached hydrogens (tertiary/aromatic N) is 2. The van der Waals surface area contributed by atoms with Gasteiger partial charge in [-0.3, -0.25) is 14.2 Å². The predicted octanol–water partition coefficient (Wildman–Crippen LogP) is 4.42. The molecule has 0 radical (unpaired) electrons. The third kappa shape index (κ3) is 4.71. The second-order valence-corrected chi connectivity index (χ2v) is 8.47. The molecule has 0 aliphatic carbocycles. The number of ether oxygens (including phenoxy) is 1. The van der Waals surface area contributed by atoms with Gasteiger partial charge in [0, 0.05) is 10.7 Å². The number of esters is 1. The monoisotopic (exact) mass is 467 g/mol. The highest BCUT2D eigenvalue weighted by Crippen LogP contribution is 2.27. The number of thiophene rings is 1. The van der Waals surface area contributed by atoms with Crippen LogP contribution in [-0.2, 0) is 22.7 Å². The number of benzene rings is 2. The van der Waals surface area contributed by atoms with E-state index in [9.17, 15) is 14.4 Å². The van der Waals surface area contributed by atoms with Crippen molar-refractivity contribution in [2.45, 2.75) is 20.1 Å². The number of amides is 1. The number of carbonyl (C=O) groups excluding carboxylic acids is 2. The van der Waals surface area contributed by atoms with Crippen LogP contribution in [0.15, 0.2) is 65.7 Å². The third-order valence-corrected chi connectivity index (χ3v) is 6.15. The van der Waals surface area contributed by atoms with Crippen molar-refractivity contribution < 1.29 is 14.3 Å². The Balaban J connectivity index is 1.53. The molecule has 4 aromatic rings. The number of hydrogen-bond donors (Lipinski definition) is 1. The number of halogens is 1. The van der Waals surface area contributed by atoms with E-state index in [0.717, 1.165) is 16.9 Å². The summed E-state index contributed by atoms with van der Waals surface area (Å²) in [5.41, 5.74) is 1.49. The first-order valence-electron chi connectivity index (χ1n) is 9.67. The Labute approximate surface area is 192 Å². The van der Waals surface area contributed by atoms with Gasteiger partial charge in [-0.2, -0.15) is 0 Å². The number of aryl methyl sites for hydroxylation is 1. The number of hydrogen-bond acceptors (Lipinski definition) is 6. The van der Waals surface area contributed by atoms with Crippen LogP contribution in [0.3, 0.4) is 0 Å². The van der Waals surface area contributed by atoms with E-state index in [1.54, 1.807) is 31.2 Å². The molecule has 0 aliphatic heterocycles.